The SMILES string of the molecule is CCCCCCCCCCCCCCCCCCCC(=O)O[C@H](COC(=O)CCCCCCCCCCCC(C)C)COP(=O)(O)OC[C@@H](O)COP(=O)(O)OC[C@@H](COC(=O)CCCCCCCCCCC(C)CC)OC(=O)CCCCCCCCCCCC(C)C. The summed E-state index contributed by atoms with van der Waals surface area (Å²) in [5, 5.41) is 10.6. The molecule has 17 nitrogen and oxygen atoms in total. The van der Waals surface area contributed by atoms with Gasteiger partial charge < -0.3 is 33.8 Å². The van der Waals surface area contributed by atoms with E-state index in [2.05, 4.69) is 48.5 Å². The van der Waals surface area contributed by atoms with E-state index >= 15 is 0 Å². The van der Waals surface area contributed by atoms with Crippen molar-refractivity contribution < 1.29 is 80.2 Å². The Balaban J connectivity index is 5.26. The van der Waals surface area contributed by atoms with Crippen molar-refractivity contribution in [3.8, 4) is 0 Å². The van der Waals surface area contributed by atoms with Crippen molar-refractivity contribution in [2.75, 3.05) is 39.6 Å². The number of esters is 4. The molecule has 3 N–H and O–H groups in total. The van der Waals surface area contributed by atoms with E-state index in [9.17, 15) is 43.2 Å². The number of ether oxygens (including phenoxy) is 4. The second kappa shape index (κ2) is 64.7. The van der Waals surface area contributed by atoms with Gasteiger partial charge in [-0.3, -0.25) is 37.3 Å². The molecule has 0 aromatic carbocycles. The van der Waals surface area contributed by atoms with Gasteiger partial charge >= 0.3 is 39.5 Å². The summed E-state index contributed by atoms with van der Waals surface area (Å²) in [6.45, 7) is 11.8. The molecule has 6 atom stereocenters. The first kappa shape index (κ1) is 91.1. The molecule has 0 aliphatic rings. The van der Waals surface area contributed by atoms with Crippen molar-refractivity contribution in [1.82, 2.24) is 0 Å². The smallest absolute Gasteiger partial charge is 0.462 e. The van der Waals surface area contributed by atoms with Crippen LogP contribution in [0.4, 0.5) is 0 Å². The Bertz CT molecular complexity index is 1820. The number of carbonyl (C=O) groups excluding carboxylic acids is 4. The van der Waals surface area contributed by atoms with Crippen molar-refractivity contribution in [1.29, 1.82) is 0 Å². The molecule has 0 radical (unpaired) electrons. The number of hydrogen-bond acceptors (Lipinski definition) is 15. The monoisotopic (exact) mass is 1370 g/mol. The molecule has 0 aromatic rings. The molecule has 0 spiro atoms. The molecule has 0 rings (SSSR count). The van der Waals surface area contributed by atoms with Crippen molar-refractivity contribution in [2.45, 2.75) is 394 Å². The third-order valence-electron chi connectivity index (χ3n) is 17.5. The van der Waals surface area contributed by atoms with Gasteiger partial charge in [-0.2, -0.15) is 0 Å². The minimum atomic E-state index is -4.96. The number of phosphoric ester groups is 2. The van der Waals surface area contributed by atoms with Crippen LogP contribution in [0, 0.1) is 17.8 Å². The number of rotatable bonds is 72. The third-order valence-corrected chi connectivity index (χ3v) is 19.4. The van der Waals surface area contributed by atoms with Gasteiger partial charge in [-0.1, -0.05) is 325 Å². The highest BCUT2D eigenvalue weighted by Gasteiger charge is 2.30. The molecule has 0 aliphatic carbocycles. The number of aliphatic hydroxyl groups excluding tert-OH is 1. The van der Waals surface area contributed by atoms with Crippen LogP contribution < -0.4 is 0 Å². The highest BCUT2D eigenvalue weighted by atomic mass is 31.2. The summed E-state index contributed by atoms with van der Waals surface area (Å²) in [6.07, 6.45) is 49.9. The lowest BCUT2D eigenvalue weighted by atomic mass is 9.99. The average molecular weight is 1370 g/mol. The molecule has 0 bridgehead atoms. The van der Waals surface area contributed by atoms with E-state index in [1.165, 1.54) is 186 Å². The molecule has 93 heavy (non-hydrogen) atoms. The van der Waals surface area contributed by atoms with Gasteiger partial charge in [0.05, 0.1) is 26.4 Å². The fourth-order valence-corrected chi connectivity index (χ4v) is 12.8. The first-order valence-corrected chi connectivity index (χ1v) is 41.4. The zero-order valence-electron chi connectivity index (χ0n) is 60.7. The Morgan fingerprint density at radius 2 is 0.548 bits per heavy atom. The van der Waals surface area contributed by atoms with Crippen LogP contribution in [0.25, 0.3) is 0 Å². The van der Waals surface area contributed by atoms with Crippen LogP contribution in [0.5, 0.6) is 0 Å². The Morgan fingerprint density at radius 1 is 0.312 bits per heavy atom. The van der Waals surface area contributed by atoms with Crippen LogP contribution >= 0.6 is 15.6 Å². The largest absolute Gasteiger partial charge is 0.472 e. The van der Waals surface area contributed by atoms with E-state index in [0.29, 0.717) is 25.7 Å². The van der Waals surface area contributed by atoms with Crippen molar-refractivity contribution in [3.63, 3.8) is 0 Å². The van der Waals surface area contributed by atoms with Crippen LogP contribution in [-0.2, 0) is 65.4 Å². The first-order chi connectivity index (χ1) is 44.8. The molecule has 0 amide bonds. The molecule has 3 unspecified atom stereocenters. The summed E-state index contributed by atoms with van der Waals surface area (Å²) in [4.78, 5) is 72.7. The third kappa shape index (κ3) is 67.0. The van der Waals surface area contributed by atoms with Crippen molar-refractivity contribution in [3.05, 3.63) is 0 Å². The highest BCUT2D eigenvalue weighted by Crippen LogP contribution is 2.45. The standard InChI is InChI=1S/C74H144O17P2/c1-8-10-11-12-13-14-15-16-17-18-19-20-21-26-36-43-50-57-73(78)90-69(61-84-71(76)55-48-41-34-27-22-24-31-38-45-52-65(3)4)63-88-92(80,81)86-59-68(75)60-87-93(82,83)89-64-70(91-74(79)58-51-44-37-28-23-25-32-39-46-53-66(5)6)62-85-72(77)56-49-42-35-30-29-33-40-47-54-67(7)9-2/h65-70,75H,8-64H2,1-7H3,(H,80,81)(H,82,83)/t67?,68-,69-,70-/m1/s1. The Labute approximate surface area is 568 Å². The molecule has 0 aromatic heterocycles. The van der Waals surface area contributed by atoms with E-state index in [4.69, 9.17) is 37.0 Å². The lowest BCUT2D eigenvalue weighted by molar-refractivity contribution is -0.161. The van der Waals surface area contributed by atoms with Gasteiger partial charge in [0.15, 0.2) is 12.2 Å². The van der Waals surface area contributed by atoms with Crippen LogP contribution in [-0.4, -0.2) is 96.7 Å². The second-order valence-corrected chi connectivity index (χ2v) is 30.8. The fraction of sp³-hybridized carbons (Fsp3) is 0.946. The van der Waals surface area contributed by atoms with Gasteiger partial charge in [-0.05, 0) is 43.4 Å². The molecular formula is C74H144O17P2. The minimum absolute atomic E-state index is 0.105. The number of phosphoric acid groups is 2. The van der Waals surface area contributed by atoms with E-state index in [1.54, 1.807) is 0 Å². The van der Waals surface area contributed by atoms with Crippen LogP contribution in [0.2, 0.25) is 0 Å². The predicted octanol–water partition coefficient (Wildman–Crippen LogP) is 21.4. The molecule has 552 valence electrons. The molecule has 0 aliphatic heterocycles. The maximum Gasteiger partial charge on any atom is 0.472 e. The first-order valence-electron chi connectivity index (χ1n) is 38.4. The summed E-state index contributed by atoms with van der Waals surface area (Å²) in [5.74, 6) is 0.137. The van der Waals surface area contributed by atoms with Gasteiger partial charge in [-0.25, -0.2) is 9.13 Å². The molecule has 0 saturated carbocycles. The summed E-state index contributed by atoms with van der Waals surface area (Å²) in [6, 6.07) is 0. The zero-order chi connectivity index (χ0) is 68.7. The maximum absolute atomic E-state index is 13.1. The van der Waals surface area contributed by atoms with Crippen molar-refractivity contribution in [2.24, 2.45) is 17.8 Å². The van der Waals surface area contributed by atoms with Crippen LogP contribution in [0.1, 0.15) is 376 Å². The fourth-order valence-electron chi connectivity index (χ4n) is 11.2. The molecular weight excluding hydrogens is 1220 g/mol. The molecule has 0 heterocycles. The van der Waals surface area contributed by atoms with E-state index in [1.807, 2.05) is 0 Å². The Kier molecular flexibility index (Phi) is 63.4. The Morgan fingerprint density at radius 3 is 0.817 bits per heavy atom. The number of unbranched alkanes of at least 4 members (excludes halogenated alkanes) is 39. The van der Waals surface area contributed by atoms with Crippen molar-refractivity contribution >= 4 is 39.5 Å². The minimum Gasteiger partial charge on any atom is -0.462 e. The zero-order valence-corrected chi connectivity index (χ0v) is 62.5. The molecule has 19 heteroatoms. The van der Waals surface area contributed by atoms with Gasteiger partial charge in [0.1, 0.15) is 19.3 Å². The maximum atomic E-state index is 13.1. The topological polar surface area (TPSA) is 237 Å². The summed E-state index contributed by atoms with van der Waals surface area (Å²) < 4.78 is 68.5. The molecule has 0 fully saturated rings. The second-order valence-electron chi connectivity index (χ2n) is 27.9. The van der Waals surface area contributed by atoms with Gasteiger partial charge in [0.2, 0.25) is 0 Å². The van der Waals surface area contributed by atoms with E-state index < -0.39 is 97.5 Å². The predicted molar refractivity (Wildman–Crippen MR) is 377 cm³/mol. The lowest BCUT2D eigenvalue weighted by Gasteiger charge is -2.21. The van der Waals surface area contributed by atoms with Gasteiger partial charge in [0, 0.05) is 25.7 Å². The Hall–Kier alpha value is -1.94. The highest BCUT2D eigenvalue weighted by molar-refractivity contribution is 7.47. The number of hydrogen-bond donors (Lipinski definition) is 3. The van der Waals surface area contributed by atoms with E-state index in [0.717, 1.165) is 108 Å². The number of aliphatic hydroxyl groups is 1. The number of carbonyl (C=O) groups is 4. The summed E-state index contributed by atoms with van der Waals surface area (Å²) in [7, 11) is -9.91. The molecule has 0 saturated heterocycles. The van der Waals surface area contributed by atoms with Crippen LogP contribution in [0.15, 0.2) is 0 Å². The van der Waals surface area contributed by atoms with Crippen LogP contribution in [0.3, 0.4) is 0 Å². The summed E-state index contributed by atoms with van der Waals surface area (Å²) in [5.41, 5.74) is 0. The summed E-state index contributed by atoms with van der Waals surface area (Å²) >= 11 is 0. The van der Waals surface area contributed by atoms with Gasteiger partial charge in [-0.15, -0.1) is 0 Å². The average Bonchev–Trinajstić information content (AvgIpc) is 2.29. The van der Waals surface area contributed by atoms with E-state index in [-0.39, 0.29) is 25.7 Å². The van der Waals surface area contributed by atoms with Gasteiger partial charge in [0.25, 0.3) is 0 Å². The lowest BCUT2D eigenvalue weighted by Crippen LogP contribution is -2.30. The normalized spacial score (nSPS) is 14.4. The quantitative estimate of drug-likeness (QED) is 0.0222.